The first-order valence-electron chi connectivity index (χ1n) is 9.89. The molecule has 0 saturated carbocycles. The number of hydrogen-bond donors (Lipinski definition) is 2. The SMILES string of the molecule is CC1(C)CC(=NOC(C)(C)C)c2c(F)c(-c3cccc4c(Cl)c[nH]c34)c(F)c(Cl)c2N1. The predicted molar refractivity (Wildman–Crippen MR) is 123 cm³/mol. The van der Waals surface area contributed by atoms with Crippen molar-refractivity contribution < 1.29 is 13.6 Å². The lowest BCUT2D eigenvalue weighted by Gasteiger charge is -2.36. The Hall–Kier alpha value is -2.31. The van der Waals surface area contributed by atoms with Crippen molar-refractivity contribution in [2.45, 2.75) is 52.2 Å². The van der Waals surface area contributed by atoms with Gasteiger partial charge in [-0.1, -0.05) is 46.6 Å². The highest BCUT2D eigenvalue weighted by molar-refractivity contribution is 6.36. The summed E-state index contributed by atoms with van der Waals surface area (Å²) in [5, 5.41) is 8.34. The van der Waals surface area contributed by atoms with Gasteiger partial charge in [-0.15, -0.1) is 0 Å². The van der Waals surface area contributed by atoms with Crippen LogP contribution in [0.3, 0.4) is 0 Å². The fourth-order valence-electron chi connectivity index (χ4n) is 3.77. The topological polar surface area (TPSA) is 49.4 Å². The molecule has 2 N–H and O–H groups in total. The van der Waals surface area contributed by atoms with Crippen LogP contribution in [0.15, 0.2) is 29.6 Å². The molecule has 0 bridgehead atoms. The first kappa shape index (κ1) is 21.9. The Morgan fingerprint density at radius 2 is 1.81 bits per heavy atom. The van der Waals surface area contributed by atoms with Crippen LogP contribution in [0.5, 0.6) is 0 Å². The molecule has 0 spiro atoms. The molecule has 1 aliphatic rings. The number of hydrogen-bond acceptors (Lipinski definition) is 3. The fourth-order valence-corrected chi connectivity index (χ4v) is 4.22. The van der Waals surface area contributed by atoms with Crippen molar-refractivity contribution in [2.75, 3.05) is 5.32 Å². The number of nitrogens with zero attached hydrogens (tertiary/aromatic N) is 1. The molecule has 0 radical (unpaired) electrons. The van der Waals surface area contributed by atoms with Gasteiger partial charge in [0.1, 0.15) is 16.4 Å². The van der Waals surface area contributed by atoms with Gasteiger partial charge in [0.25, 0.3) is 0 Å². The maximum absolute atomic E-state index is 16.0. The molecule has 3 aromatic rings. The van der Waals surface area contributed by atoms with Gasteiger partial charge >= 0.3 is 0 Å². The van der Waals surface area contributed by atoms with Crippen LogP contribution in [0.1, 0.15) is 46.6 Å². The molecule has 0 fully saturated rings. The Morgan fingerprint density at radius 1 is 1.10 bits per heavy atom. The van der Waals surface area contributed by atoms with Crippen LogP contribution >= 0.6 is 23.2 Å². The van der Waals surface area contributed by atoms with Crippen molar-refractivity contribution in [3.63, 3.8) is 0 Å². The number of para-hydroxylation sites is 1. The van der Waals surface area contributed by atoms with E-state index in [4.69, 9.17) is 28.0 Å². The van der Waals surface area contributed by atoms with Gasteiger partial charge in [-0.2, -0.15) is 0 Å². The highest BCUT2D eigenvalue weighted by atomic mass is 35.5. The lowest BCUT2D eigenvalue weighted by Crippen LogP contribution is -2.40. The molecule has 0 aliphatic carbocycles. The van der Waals surface area contributed by atoms with Crippen LogP contribution in [0, 0.1) is 11.6 Å². The van der Waals surface area contributed by atoms with Gasteiger partial charge in [0.2, 0.25) is 0 Å². The van der Waals surface area contributed by atoms with Crippen molar-refractivity contribution in [2.24, 2.45) is 5.16 Å². The molecular weight excluding hydrogens is 443 g/mol. The van der Waals surface area contributed by atoms with E-state index < -0.39 is 22.8 Å². The summed E-state index contributed by atoms with van der Waals surface area (Å²) in [7, 11) is 0. The van der Waals surface area contributed by atoms with Gasteiger partial charge in [0.05, 0.1) is 33.1 Å². The summed E-state index contributed by atoms with van der Waals surface area (Å²) in [6.07, 6.45) is 1.95. The lowest BCUT2D eigenvalue weighted by atomic mass is 9.85. The second-order valence-electron chi connectivity index (χ2n) is 9.36. The number of rotatable bonds is 2. The van der Waals surface area contributed by atoms with Crippen LogP contribution in [-0.4, -0.2) is 21.8 Å². The van der Waals surface area contributed by atoms with Crippen molar-refractivity contribution in [1.82, 2.24) is 4.98 Å². The monoisotopic (exact) mass is 465 g/mol. The molecular formula is C23H23Cl2F2N3O. The summed E-state index contributed by atoms with van der Waals surface area (Å²) in [5.41, 5.74) is 0.162. The number of anilines is 1. The number of aromatic amines is 1. The lowest BCUT2D eigenvalue weighted by molar-refractivity contribution is 0.000464. The minimum absolute atomic E-state index is 0.111. The zero-order chi connectivity index (χ0) is 22.7. The molecule has 0 atom stereocenters. The number of fused-ring (bicyclic) bond motifs is 2. The zero-order valence-corrected chi connectivity index (χ0v) is 19.4. The zero-order valence-electron chi connectivity index (χ0n) is 17.9. The van der Waals surface area contributed by atoms with Gasteiger partial charge in [0.15, 0.2) is 5.82 Å². The molecule has 0 amide bonds. The largest absolute Gasteiger partial charge is 0.390 e. The number of aromatic nitrogens is 1. The third-order valence-electron chi connectivity index (χ3n) is 5.05. The van der Waals surface area contributed by atoms with Crippen LogP contribution in [0.4, 0.5) is 14.5 Å². The first-order valence-corrected chi connectivity index (χ1v) is 10.7. The maximum atomic E-state index is 16.0. The highest BCUT2D eigenvalue weighted by Gasteiger charge is 2.37. The van der Waals surface area contributed by atoms with Gasteiger partial charge in [-0.3, -0.25) is 0 Å². The van der Waals surface area contributed by atoms with Gasteiger partial charge in [-0.05, 0) is 34.6 Å². The van der Waals surface area contributed by atoms with Gasteiger partial charge in [-0.25, -0.2) is 8.78 Å². The van der Waals surface area contributed by atoms with E-state index in [0.717, 1.165) is 0 Å². The van der Waals surface area contributed by atoms with E-state index in [9.17, 15) is 0 Å². The van der Waals surface area contributed by atoms with E-state index in [1.54, 1.807) is 24.4 Å². The Balaban J connectivity index is 2.02. The number of halogens is 4. The van der Waals surface area contributed by atoms with E-state index in [1.807, 2.05) is 34.6 Å². The Kier molecular flexibility index (Phi) is 5.22. The molecule has 0 unspecified atom stereocenters. The third-order valence-corrected chi connectivity index (χ3v) is 5.71. The summed E-state index contributed by atoms with van der Waals surface area (Å²) in [4.78, 5) is 8.60. The summed E-state index contributed by atoms with van der Waals surface area (Å²) in [5.74, 6) is -1.60. The number of H-pyrrole nitrogens is 1. The van der Waals surface area contributed by atoms with Crippen LogP contribution in [-0.2, 0) is 4.84 Å². The smallest absolute Gasteiger partial charge is 0.154 e. The summed E-state index contributed by atoms with van der Waals surface area (Å²) >= 11 is 12.6. The quantitative estimate of drug-likeness (QED) is 0.303. The van der Waals surface area contributed by atoms with Crippen molar-refractivity contribution in [3.8, 4) is 11.1 Å². The Bertz CT molecular complexity index is 1230. The molecule has 2 heterocycles. The minimum atomic E-state index is -0.850. The first-order chi connectivity index (χ1) is 14.4. The maximum Gasteiger partial charge on any atom is 0.154 e. The van der Waals surface area contributed by atoms with Crippen molar-refractivity contribution in [1.29, 1.82) is 0 Å². The third kappa shape index (κ3) is 3.87. The average molecular weight is 466 g/mol. The molecule has 0 saturated heterocycles. The normalized spacial score (nSPS) is 17.0. The second-order valence-corrected chi connectivity index (χ2v) is 10.1. The van der Waals surface area contributed by atoms with Crippen LogP contribution in [0.2, 0.25) is 10.0 Å². The van der Waals surface area contributed by atoms with E-state index in [1.165, 1.54) is 0 Å². The van der Waals surface area contributed by atoms with Crippen molar-refractivity contribution in [3.05, 3.63) is 51.6 Å². The van der Waals surface area contributed by atoms with Crippen molar-refractivity contribution >= 4 is 45.5 Å². The average Bonchev–Trinajstić information content (AvgIpc) is 3.05. The molecule has 8 heteroatoms. The Labute approximate surface area is 189 Å². The standard InChI is InChI=1S/C23H23Cl2F2N3O/c1-22(2,3)31-30-14-9-23(4,5)29-21-16(14)18(26)15(19(27)17(21)25)12-8-6-7-11-13(24)10-28-20(11)12/h6-8,10,28-29H,9H2,1-5H3. The van der Waals surface area contributed by atoms with E-state index in [0.29, 0.717) is 33.6 Å². The fraction of sp³-hybridized carbons (Fsp3) is 0.348. The molecule has 1 aromatic heterocycles. The molecule has 1 aliphatic heterocycles. The number of benzene rings is 2. The summed E-state index contributed by atoms with van der Waals surface area (Å²) in [6, 6.07) is 5.10. The predicted octanol–water partition coefficient (Wildman–Crippen LogP) is 7.53. The number of oxime groups is 1. The van der Waals surface area contributed by atoms with Crippen LogP contribution < -0.4 is 5.32 Å². The van der Waals surface area contributed by atoms with Crippen LogP contribution in [0.25, 0.3) is 22.0 Å². The number of nitrogens with one attached hydrogen (secondary N) is 2. The van der Waals surface area contributed by atoms with Gasteiger partial charge < -0.3 is 15.1 Å². The molecule has 31 heavy (non-hydrogen) atoms. The molecule has 164 valence electrons. The molecule has 2 aromatic carbocycles. The second kappa shape index (κ2) is 7.38. The highest BCUT2D eigenvalue weighted by Crippen LogP contribution is 2.45. The van der Waals surface area contributed by atoms with Gasteiger partial charge in [0, 0.05) is 29.1 Å². The van der Waals surface area contributed by atoms with E-state index >= 15 is 8.78 Å². The molecule has 4 nitrogen and oxygen atoms in total. The molecule has 4 rings (SSSR count). The Morgan fingerprint density at radius 3 is 2.48 bits per heavy atom. The minimum Gasteiger partial charge on any atom is -0.390 e. The van der Waals surface area contributed by atoms with E-state index in [-0.39, 0.29) is 21.8 Å². The van der Waals surface area contributed by atoms with E-state index in [2.05, 4.69) is 15.5 Å². The summed E-state index contributed by atoms with van der Waals surface area (Å²) in [6.45, 7) is 9.35. The summed E-state index contributed by atoms with van der Waals surface area (Å²) < 4.78 is 31.5.